The first kappa shape index (κ1) is 20.5. The maximum atomic E-state index is 12.9. The van der Waals surface area contributed by atoms with Crippen molar-refractivity contribution in [3.63, 3.8) is 0 Å². The predicted octanol–water partition coefficient (Wildman–Crippen LogP) is 3.41. The van der Waals surface area contributed by atoms with Crippen LogP contribution in [-0.4, -0.2) is 41.1 Å². The highest BCUT2D eigenvalue weighted by Gasteiger charge is 2.42. The van der Waals surface area contributed by atoms with Gasteiger partial charge in [0.25, 0.3) is 10.0 Å². The summed E-state index contributed by atoms with van der Waals surface area (Å²) in [6.45, 7) is 2.77. The lowest BCUT2D eigenvalue weighted by atomic mass is 9.78. The van der Waals surface area contributed by atoms with Gasteiger partial charge in [0.05, 0.1) is 6.33 Å². The van der Waals surface area contributed by atoms with Crippen LogP contribution in [0.5, 0.6) is 0 Å². The molecule has 0 saturated carbocycles. The highest BCUT2D eigenvalue weighted by Crippen LogP contribution is 2.37. The van der Waals surface area contributed by atoms with Crippen LogP contribution in [-0.2, 0) is 17.1 Å². The summed E-state index contributed by atoms with van der Waals surface area (Å²) in [5.74, 6) is 0.130. The number of hydrogen-bond acceptors (Lipinski definition) is 4. The fraction of sp³-hybridized carbons (Fsp3) is 0.304. The van der Waals surface area contributed by atoms with Crippen LogP contribution in [0, 0.1) is 12.8 Å². The number of aromatic nitrogens is 2. The molecule has 1 aromatic heterocycles. The molecule has 1 fully saturated rings. The molecule has 1 aliphatic heterocycles. The number of carbonyl (C=O) groups is 1. The molecule has 3 aromatic rings. The van der Waals surface area contributed by atoms with E-state index in [1.165, 1.54) is 16.8 Å². The van der Waals surface area contributed by atoms with E-state index in [9.17, 15) is 13.2 Å². The fourth-order valence-electron chi connectivity index (χ4n) is 3.89. The number of nitrogens with zero attached hydrogens (tertiary/aromatic N) is 3. The van der Waals surface area contributed by atoms with Gasteiger partial charge in [-0.1, -0.05) is 60.2 Å². The summed E-state index contributed by atoms with van der Waals surface area (Å²) >= 11 is 0. The van der Waals surface area contributed by atoms with Crippen LogP contribution < -0.4 is 0 Å². The van der Waals surface area contributed by atoms with Crippen LogP contribution >= 0.6 is 0 Å². The number of benzene rings is 2. The minimum Gasteiger partial charge on any atom is -0.339 e. The Labute approximate surface area is 177 Å². The van der Waals surface area contributed by atoms with E-state index in [0.29, 0.717) is 25.1 Å². The smallest absolute Gasteiger partial charge is 0.262 e. The predicted molar refractivity (Wildman–Crippen MR) is 115 cm³/mol. The van der Waals surface area contributed by atoms with Crippen molar-refractivity contribution < 1.29 is 13.2 Å². The Balaban J connectivity index is 1.52. The van der Waals surface area contributed by atoms with Crippen molar-refractivity contribution >= 4 is 15.8 Å². The molecule has 0 radical (unpaired) electrons. The first-order valence-electron chi connectivity index (χ1n) is 9.97. The molecule has 0 aliphatic carbocycles. The van der Waals surface area contributed by atoms with Gasteiger partial charge in [0.15, 0.2) is 10.8 Å². The molecular weight excluding hydrogens is 398 g/mol. The minimum atomic E-state index is -3.60. The molecule has 2 heterocycles. The van der Waals surface area contributed by atoms with Crippen molar-refractivity contribution in [3.8, 4) is 0 Å². The Hall–Kier alpha value is -2.77. The zero-order valence-corrected chi connectivity index (χ0v) is 17.9. The molecule has 30 heavy (non-hydrogen) atoms. The van der Waals surface area contributed by atoms with Gasteiger partial charge in [-0.25, -0.2) is 13.4 Å². The second-order valence-electron chi connectivity index (χ2n) is 7.97. The lowest BCUT2D eigenvalue weighted by Crippen LogP contribution is -2.52. The van der Waals surface area contributed by atoms with Gasteiger partial charge < -0.3 is 4.57 Å². The average molecular weight is 424 g/mol. The van der Waals surface area contributed by atoms with E-state index in [2.05, 4.69) is 4.98 Å². The highest BCUT2D eigenvalue weighted by atomic mass is 32.2. The number of aryl methyl sites for hydroxylation is 2. The van der Waals surface area contributed by atoms with Gasteiger partial charge in [0, 0.05) is 38.3 Å². The summed E-state index contributed by atoms with van der Waals surface area (Å²) in [6, 6.07) is 17.5. The maximum Gasteiger partial charge on any atom is 0.262 e. The lowest BCUT2D eigenvalue weighted by molar-refractivity contribution is 0.0931. The molecule has 0 N–H and O–H groups in total. The molecule has 1 aliphatic rings. The SMILES string of the molecule is Cc1ccc(C(=O)CC(c2ccccc2)C2CN(S(=O)(=O)c3cn(C)cn3)C2)cc1. The van der Waals surface area contributed by atoms with Gasteiger partial charge in [-0.15, -0.1) is 0 Å². The van der Waals surface area contributed by atoms with Gasteiger partial charge in [-0.2, -0.15) is 4.31 Å². The van der Waals surface area contributed by atoms with Gasteiger partial charge in [-0.05, 0) is 24.3 Å². The summed E-state index contributed by atoms with van der Waals surface area (Å²) < 4.78 is 28.7. The molecule has 4 rings (SSSR count). The topological polar surface area (TPSA) is 72.3 Å². The molecule has 7 heteroatoms. The molecule has 1 saturated heterocycles. The quantitative estimate of drug-likeness (QED) is 0.546. The monoisotopic (exact) mass is 423 g/mol. The van der Waals surface area contributed by atoms with Gasteiger partial charge in [0.2, 0.25) is 0 Å². The largest absolute Gasteiger partial charge is 0.339 e. The second kappa shape index (κ2) is 8.16. The standard InChI is InChI=1S/C23H25N3O3S/c1-17-8-10-19(11-9-17)22(27)12-21(18-6-4-3-5-7-18)20-13-26(14-20)30(28,29)23-15-25(2)16-24-23/h3-11,15-16,20-21H,12-14H2,1-2H3. The van der Waals surface area contributed by atoms with E-state index < -0.39 is 10.0 Å². The molecule has 1 atom stereocenters. The van der Waals surface area contributed by atoms with Crippen LogP contribution in [0.4, 0.5) is 0 Å². The summed E-state index contributed by atoms with van der Waals surface area (Å²) in [7, 11) is -1.86. The zero-order valence-electron chi connectivity index (χ0n) is 17.1. The molecule has 0 bridgehead atoms. The number of ketones is 1. The van der Waals surface area contributed by atoms with E-state index >= 15 is 0 Å². The van der Waals surface area contributed by atoms with E-state index in [-0.39, 0.29) is 22.6 Å². The number of imidazole rings is 1. The maximum absolute atomic E-state index is 12.9. The number of Topliss-reactive ketones (excluding diaryl/α,β-unsaturated/α-hetero) is 1. The van der Waals surface area contributed by atoms with Crippen LogP contribution in [0.1, 0.15) is 33.8 Å². The Morgan fingerprint density at radius 3 is 2.37 bits per heavy atom. The normalized spacial score (nSPS) is 16.2. The fourth-order valence-corrected chi connectivity index (χ4v) is 5.41. The highest BCUT2D eigenvalue weighted by molar-refractivity contribution is 7.89. The third-order valence-corrected chi connectivity index (χ3v) is 7.45. The minimum absolute atomic E-state index is 0.0322. The van der Waals surface area contributed by atoms with E-state index in [4.69, 9.17) is 0 Å². The number of rotatable bonds is 7. The zero-order chi connectivity index (χ0) is 21.3. The second-order valence-corrected chi connectivity index (χ2v) is 9.85. The van der Waals surface area contributed by atoms with E-state index in [1.807, 2.05) is 61.5 Å². The van der Waals surface area contributed by atoms with Gasteiger partial charge in [-0.3, -0.25) is 4.79 Å². The van der Waals surface area contributed by atoms with Crippen molar-refractivity contribution in [2.75, 3.05) is 13.1 Å². The lowest BCUT2D eigenvalue weighted by Gasteiger charge is -2.42. The van der Waals surface area contributed by atoms with Crippen LogP contribution in [0.15, 0.2) is 72.1 Å². The molecule has 0 amide bonds. The van der Waals surface area contributed by atoms with E-state index in [1.54, 1.807) is 11.6 Å². The van der Waals surface area contributed by atoms with Crippen molar-refractivity contribution in [2.24, 2.45) is 13.0 Å². The van der Waals surface area contributed by atoms with Crippen molar-refractivity contribution in [1.29, 1.82) is 0 Å². The van der Waals surface area contributed by atoms with Crippen molar-refractivity contribution in [3.05, 3.63) is 83.8 Å². The van der Waals surface area contributed by atoms with Crippen LogP contribution in [0.25, 0.3) is 0 Å². The number of carbonyl (C=O) groups excluding carboxylic acids is 1. The number of sulfonamides is 1. The third kappa shape index (κ3) is 4.08. The molecule has 1 unspecified atom stereocenters. The first-order chi connectivity index (χ1) is 14.3. The third-order valence-electron chi connectivity index (χ3n) is 5.74. The van der Waals surface area contributed by atoms with Crippen LogP contribution in [0.2, 0.25) is 0 Å². The Morgan fingerprint density at radius 1 is 1.10 bits per heavy atom. The Bertz CT molecular complexity index is 1130. The Morgan fingerprint density at radius 2 is 1.77 bits per heavy atom. The van der Waals surface area contributed by atoms with Crippen molar-refractivity contribution in [2.45, 2.75) is 24.3 Å². The number of hydrogen-bond donors (Lipinski definition) is 0. The summed E-state index contributed by atoms with van der Waals surface area (Å²) in [6.07, 6.45) is 3.35. The average Bonchev–Trinajstić information content (AvgIpc) is 3.14. The molecule has 0 spiro atoms. The van der Waals surface area contributed by atoms with Crippen LogP contribution in [0.3, 0.4) is 0 Å². The first-order valence-corrected chi connectivity index (χ1v) is 11.4. The summed E-state index contributed by atoms with van der Waals surface area (Å²) in [5.41, 5.74) is 2.87. The Kier molecular flexibility index (Phi) is 5.58. The molecule has 2 aromatic carbocycles. The van der Waals surface area contributed by atoms with Crippen molar-refractivity contribution in [1.82, 2.24) is 13.9 Å². The molecule has 6 nitrogen and oxygen atoms in total. The summed E-state index contributed by atoms with van der Waals surface area (Å²) in [4.78, 5) is 16.9. The van der Waals surface area contributed by atoms with Gasteiger partial charge >= 0.3 is 0 Å². The molecular formula is C23H25N3O3S. The van der Waals surface area contributed by atoms with E-state index in [0.717, 1.165) is 11.1 Å². The van der Waals surface area contributed by atoms with Gasteiger partial charge in [0.1, 0.15) is 0 Å². The summed E-state index contributed by atoms with van der Waals surface area (Å²) in [5, 5.41) is 0.0652. The molecule has 156 valence electrons.